The molecule has 3 aromatic rings. The fourth-order valence-electron chi connectivity index (χ4n) is 3.07. The third-order valence-electron chi connectivity index (χ3n) is 4.19. The largest absolute Gasteiger partial charge is 0.488 e. The number of aromatic nitrogens is 2. The van der Waals surface area contributed by atoms with Crippen LogP contribution in [0.1, 0.15) is 23.0 Å². The van der Waals surface area contributed by atoms with Crippen molar-refractivity contribution in [1.82, 2.24) is 15.3 Å². The van der Waals surface area contributed by atoms with Crippen molar-refractivity contribution < 1.29 is 4.74 Å². The summed E-state index contributed by atoms with van der Waals surface area (Å²) in [5, 5.41) is 3.60. The molecule has 0 radical (unpaired) electrons. The SMILES string of the molecule is c1ccc(C(NCC2Cc3ccccc3O2)c2ncc[nH]2)cc1. The van der Waals surface area contributed by atoms with Crippen molar-refractivity contribution in [3.63, 3.8) is 0 Å². The number of benzene rings is 2. The van der Waals surface area contributed by atoms with Gasteiger partial charge in [-0.15, -0.1) is 0 Å². The van der Waals surface area contributed by atoms with Gasteiger partial charge in [0.15, 0.2) is 0 Å². The molecule has 0 amide bonds. The van der Waals surface area contributed by atoms with E-state index in [4.69, 9.17) is 4.74 Å². The molecule has 1 aliphatic rings. The van der Waals surface area contributed by atoms with Gasteiger partial charge in [0.05, 0.1) is 6.04 Å². The summed E-state index contributed by atoms with van der Waals surface area (Å²) in [4.78, 5) is 7.63. The van der Waals surface area contributed by atoms with Crippen LogP contribution in [0.15, 0.2) is 67.0 Å². The number of nitrogens with one attached hydrogen (secondary N) is 2. The van der Waals surface area contributed by atoms with Gasteiger partial charge in [-0.1, -0.05) is 48.5 Å². The minimum absolute atomic E-state index is 0.0403. The van der Waals surface area contributed by atoms with E-state index in [-0.39, 0.29) is 12.1 Å². The molecule has 1 aliphatic heterocycles. The highest BCUT2D eigenvalue weighted by molar-refractivity contribution is 5.37. The van der Waals surface area contributed by atoms with E-state index in [9.17, 15) is 0 Å². The van der Waals surface area contributed by atoms with Gasteiger partial charge in [0, 0.05) is 25.4 Å². The molecule has 0 saturated carbocycles. The van der Waals surface area contributed by atoms with Crippen molar-refractivity contribution in [3.05, 3.63) is 83.9 Å². The van der Waals surface area contributed by atoms with Crippen LogP contribution >= 0.6 is 0 Å². The third kappa shape index (κ3) is 2.98. The van der Waals surface area contributed by atoms with Gasteiger partial charge in [0.1, 0.15) is 17.7 Å². The normalized spacial score (nSPS) is 17.5. The first-order valence-electron chi connectivity index (χ1n) is 7.92. The molecule has 0 bridgehead atoms. The summed E-state index contributed by atoms with van der Waals surface area (Å²) in [5.41, 5.74) is 2.48. The van der Waals surface area contributed by atoms with Gasteiger partial charge in [0.25, 0.3) is 0 Å². The standard InChI is InChI=1S/C19H19N3O/c1-2-6-14(7-3-1)18(19-20-10-11-21-19)22-13-16-12-15-8-4-5-9-17(15)23-16/h1-11,16,18,22H,12-13H2,(H,20,21). The zero-order chi connectivity index (χ0) is 15.5. The summed E-state index contributed by atoms with van der Waals surface area (Å²) in [5.74, 6) is 1.93. The highest BCUT2D eigenvalue weighted by Crippen LogP contribution is 2.28. The fraction of sp³-hybridized carbons (Fsp3) is 0.211. The van der Waals surface area contributed by atoms with Gasteiger partial charge in [-0.25, -0.2) is 4.98 Å². The maximum absolute atomic E-state index is 6.02. The van der Waals surface area contributed by atoms with Crippen molar-refractivity contribution in [2.75, 3.05) is 6.54 Å². The molecule has 0 saturated heterocycles. The molecular weight excluding hydrogens is 286 g/mol. The number of ether oxygens (including phenoxy) is 1. The molecule has 2 N–H and O–H groups in total. The number of imidazole rings is 1. The van der Waals surface area contributed by atoms with Crippen LogP contribution in [-0.2, 0) is 6.42 Å². The second kappa shape index (κ2) is 6.26. The first-order chi connectivity index (χ1) is 11.4. The Balaban J connectivity index is 1.47. The Morgan fingerprint density at radius 2 is 1.96 bits per heavy atom. The lowest BCUT2D eigenvalue weighted by Crippen LogP contribution is -2.34. The van der Waals surface area contributed by atoms with Gasteiger partial charge >= 0.3 is 0 Å². The maximum Gasteiger partial charge on any atom is 0.127 e. The number of nitrogens with zero attached hydrogens (tertiary/aromatic N) is 1. The summed E-state index contributed by atoms with van der Waals surface area (Å²) in [7, 11) is 0. The fourth-order valence-corrected chi connectivity index (χ4v) is 3.07. The molecule has 4 nitrogen and oxygen atoms in total. The minimum Gasteiger partial charge on any atom is -0.488 e. The Kier molecular flexibility index (Phi) is 3.82. The third-order valence-corrected chi connectivity index (χ3v) is 4.19. The Bertz CT molecular complexity index is 730. The smallest absolute Gasteiger partial charge is 0.127 e. The van der Waals surface area contributed by atoms with Crippen LogP contribution in [0.5, 0.6) is 5.75 Å². The van der Waals surface area contributed by atoms with E-state index in [1.165, 1.54) is 11.1 Å². The molecule has 2 atom stereocenters. The summed E-state index contributed by atoms with van der Waals surface area (Å²) < 4.78 is 6.02. The van der Waals surface area contributed by atoms with Crippen LogP contribution in [0.3, 0.4) is 0 Å². The molecular formula is C19H19N3O. The molecule has 2 aromatic carbocycles. The molecule has 116 valence electrons. The average Bonchev–Trinajstić information content (AvgIpc) is 3.25. The number of fused-ring (bicyclic) bond motifs is 1. The van der Waals surface area contributed by atoms with Gasteiger partial charge in [-0.3, -0.25) is 5.32 Å². The quantitative estimate of drug-likeness (QED) is 0.761. The van der Waals surface area contributed by atoms with Crippen molar-refractivity contribution in [2.24, 2.45) is 0 Å². The molecule has 1 aromatic heterocycles. The highest BCUT2D eigenvalue weighted by atomic mass is 16.5. The van der Waals surface area contributed by atoms with Crippen molar-refractivity contribution in [3.8, 4) is 5.75 Å². The van der Waals surface area contributed by atoms with Crippen LogP contribution in [0.4, 0.5) is 0 Å². The Morgan fingerprint density at radius 1 is 1.13 bits per heavy atom. The van der Waals surface area contributed by atoms with E-state index >= 15 is 0 Å². The number of H-pyrrole nitrogens is 1. The monoisotopic (exact) mass is 305 g/mol. The van der Waals surface area contributed by atoms with Gasteiger partial charge < -0.3 is 9.72 Å². The summed E-state index contributed by atoms with van der Waals surface area (Å²) in [6.45, 7) is 0.773. The van der Waals surface area contributed by atoms with E-state index < -0.39 is 0 Å². The topological polar surface area (TPSA) is 49.9 Å². The van der Waals surface area contributed by atoms with Gasteiger partial charge in [0.2, 0.25) is 0 Å². The van der Waals surface area contributed by atoms with Crippen LogP contribution in [0.25, 0.3) is 0 Å². The molecule has 23 heavy (non-hydrogen) atoms. The van der Waals surface area contributed by atoms with E-state index in [1.807, 2.05) is 24.4 Å². The van der Waals surface area contributed by atoms with Crippen molar-refractivity contribution in [1.29, 1.82) is 0 Å². The van der Waals surface area contributed by atoms with Crippen molar-refractivity contribution in [2.45, 2.75) is 18.6 Å². The molecule has 0 aliphatic carbocycles. The van der Waals surface area contributed by atoms with Crippen LogP contribution in [0.2, 0.25) is 0 Å². The maximum atomic E-state index is 6.02. The van der Waals surface area contributed by atoms with Gasteiger partial charge in [-0.2, -0.15) is 0 Å². The van der Waals surface area contributed by atoms with Crippen LogP contribution < -0.4 is 10.1 Å². The number of para-hydroxylation sites is 1. The highest BCUT2D eigenvalue weighted by Gasteiger charge is 2.24. The number of hydrogen-bond donors (Lipinski definition) is 2. The minimum atomic E-state index is 0.0403. The molecule has 0 spiro atoms. The summed E-state index contributed by atoms with van der Waals surface area (Å²) in [6, 6.07) is 18.7. The zero-order valence-corrected chi connectivity index (χ0v) is 12.8. The van der Waals surface area contributed by atoms with Gasteiger partial charge in [-0.05, 0) is 17.2 Å². The van der Waals surface area contributed by atoms with E-state index in [1.54, 1.807) is 6.20 Å². The number of aromatic amines is 1. The zero-order valence-electron chi connectivity index (χ0n) is 12.8. The molecule has 0 fully saturated rings. The molecule has 4 rings (SSSR count). The first-order valence-corrected chi connectivity index (χ1v) is 7.92. The second-order valence-corrected chi connectivity index (χ2v) is 5.78. The molecule has 2 unspecified atom stereocenters. The van der Waals surface area contributed by atoms with Crippen molar-refractivity contribution >= 4 is 0 Å². The predicted molar refractivity (Wildman–Crippen MR) is 89.4 cm³/mol. The first kappa shape index (κ1) is 14.0. The molecule has 2 heterocycles. The predicted octanol–water partition coefficient (Wildman–Crippen LogP) is 3.09. The lowest BCUT2D eigenvalue weighted by atomic mass is 10.1. The Labute approximate surface area is 135 Å². The average molecular weight is 305 g/mol. The number of rotatable bonds is 5. The van der Waals surface area contributed by atoms with E-state index in [0.29, 0.717) is 0 Å². The van der Waals surface area contributed by atoms with E-state index in [0.717, 1.165) is 24.5 Å². The summed E-state index contributed by atoms with van der Waals surface area (Å²) in [6.07, 6.45) is 4.75. The lowest BCUT2D eigenvalue weighted by molar-refractivity contribution is 0.223. The van der Waals surface area contributed by atoms with Crippen LogP contribution in [-0.4, -0.2) is 22.6 Å². The summed E-state index contributed by atoms with van der Waals surface area (Å²) >= 11 is 0. The number of hydrogen-bond acceptors (Lipinski definition) is 3. The molecule has 4 heteroatoms. The van der Waals surface area contributed by atoms with Crippen LogP contribution in [0, 0.1) is 0 Å². The van der Waals surface area contributed by atoms with E-state index in [2.05, 4.69) is 51.7 Å². The lowest BCUT2D eigenvalue weighted by Gasteiger charge is -2.20. The Hall–Kier alpha value is -2.59. The second-order valence-electron chi connectivity index (χ2n) is 5.78. The Morgan fingerprint density at radius 3 is 2.74 bits per heavy atom.